The molecule has 1 saturated heterocycles. The Labute approximate surface area is 227 Å². The first-order chi connectivity index (χ1) is 19.0. The van der Waals surface area contributed by atoms with Crippen molar-refractivity contribution in [3.05, 3.63) is 102 Å². The van der Waals surface area contributed by atoms with Crippen LogP contribution in [-0.4, -0.2) is 58.4 Å². The lowest BCUT2D eigenvalue weighted by molar-refractivity contribution is -0.376. The molecule has 5 rings (SSSR count). The predicted octanol–water partition coefficient (Wildman–Crippen LogP) is 6.53. The van der Waals surface area contributed by atoms with Gasteiger partial charge in [0.05, 0.1) is 0 Å². The molecule has 3 aromatic carbocycles. The molecule has 1 aromatic heterocycles. The van der Waals surface area contributed by atoms with Crippen molar-refractivity contribution in [2.75, 3.05) is 26.2 Å². The van der Waals surface area contributed by atoms with Crippen LogP contribution in [-0.2, 0) is 18.7 Å². The van der Waals surface area contributed by atoms with E-state index >= 15 is 0 Å². The number of benzene rings is 3. The van der Waals surface area contributed by atoms with E-state index in [1.54, 1.807) is 12.1 Å². The summed E-state index contributed by atoms with van der Waals surface area (Å²) in [5.41, 5.74) is -2.86. The first kappa shape index (κ1) is 28.1. The molecule has 40 heavy (non-hydrogen) atoms. The van der Waals surface area contributed by atoms with Crippen LogP contribution in [0.1, 0.15) is 16.7 Å². The SMILES string of the molecule is OC(c1ccc(-c2ccc(CN3CCN(Cc4cncc5ccccc45)CC3)cc2)cc1)(C(F)(F)F)C(F)(F)F. The maximum absolute atomic E-state index is 13.1. The molecular weight excluding hydrogens is 532 g/mol. The van der Waals surface area contributed by atoms with Gasteiger partial charge in [0.25, 0.3) is 5.60 Å². The predicted molar refractivity (Wildman–Crippen MR) is 140 cm³/mol. The Morgan fingerprint density at radius 3 is 1.75 bits per heavy atom. The lowest BCUT2D eigenvalue weighted by atomic mass is 9.90. The molecule has 1 fully saturated rings. The molecule has 0 amide bonds. The largest absolute Gasteiger partial charge is 0.430 e. The van der Waals surface area contributed by atoms with Crippen molar-refractivity contribution < 1.29 is 31.4 Å². The van der Waals surface area contributed by atoms with E-state index in [2.05, 4.69) is 26.9 Å². The number of nitrogens with zero attached hydrogens (tertiary/aromatic N) is 3. The summed E-state index contributed by atoms with van der Waals surface area (Å²) in [7, 11) is 0. The van der Waals surface area contributed by atoms with E-state index in [9.17, 15) is 31.4 Å². The van der Waals surface area contributed by atoms with Crippen LogP contribution >= 0.6 is 0 Å². The van der Waals surface area contributed by atoms with Crippen molar-refractivity contribution in [1.82, 2.24) is 14.8 Å². The van der Waals surface area contributed by atoms with Gasteiger partial charge in [-0.2, -0.15) is 26.3 Å². The first-order valence-corrected chi connectivity index (χ1v) is 12.8. The van der Waals surface area contributed by atoms with Gasteiger partial charge in [0.1, 0.15) is 0 Å². The number of halogens is 6. The van der Waals surface area contributed by atoms with Crippen molar-refractivity contribution in [3.63, 3.8) is 0 Å². The van der Waals surface area contributed by atoms with Crippen LogP contribution in [0.3, 0.4) is 0 Å². The number of fused-ring (bicyclic) bond motifs is 1. The molecule has 0 radical (unpaired) electrons. The molecule has 4 aromatic rings. The van der Waals surface area contributed by atoms with Gasteiger partial charge in [0.15, 0.2) is 0 Å². The fourth-order valence-electron chi connectivity index (χ4n) is 5.10. The number of piperazine rings is 1. The monoisotopic (exact) mass is 559 g/mol. The summed E-state index contributed by atoms with van der Waals surface area (Å²) in [6.45, 7) is 5.17. The first-order valence-electron chi connectivity index (χ1n) is 12.8. The van der Waals surface area contributed by atoms with E-state index in [-0.39, 0.29) is 0 Å². The molecule has 0 saturated carbocycles. The maximum Gasteiger partial charge on any atom is 0.430 e. The Balaban J connectivity index is 1.19. The lowest BCUT2D eigenvalue weighted by Gasteiger charge is -2.35. The molecule has 0 aliphatic carbocycles. The highest BCUT2D eigenvalue weighted by Crippen LogP contribution is 2.50. The van der Waals surface area contributed by atoms with E-state index in [1.807, 2.05) is 36.7 Å². The number of alkyl halides is 6. The molecular formula is C30H27F6N3O. The van der Waals surface area contributed by atoms with Gasteiger partial charge in [-0.15, -0.1) is 0 Å². The maximum atomic E-state index is 13.1. The van der Waals surface area contributed by atoms with Crippen LogP contribution in [0.4, 0.5) is 26.3 Å². The van der Waals surface area contributed by atoms with Gasteiger partial charge >= 0.3 is 12.4 Å². The Morgan fingerprint density at radius 2 is 1.18 bits per heavy atom. The molecule has 210 valence electrons. The van der Waals surface area contributed by atoms with Crippen LogP contribution in [0, 0.1) is 0 Å². The minimum Gasteiger partial charge on any atom is -0.369 e. The summed E-state index contributed by atoms with van der Waals surface area (Å²) >= 11 is 0. The molecule has 2 heterocycles. The summed E-state index contributed by atoms with van der Waals surface area (Å²) in [4.78, 5) is 9.13. The molecule has 1 N–H and O–H groups in total. The molecule has 10 heteroatoms. The molecule has 1 aliphatic heterocycles. The number of hydrogen-bond acceptors (Lipinski definition) is 4. The van der Waals surface area contributed by atoms with Crippen LogP contribution in [0.2, 0.25) is 0 Å². The standard InChI is InChI=1S/C30H27F6N3O/c31-29(32,33)28(40,30(34,35)36)26-11-9-23(10-12-26)22-7-5-21(6-8-22)19-38-13-15-39(16-14-38)20-25-18-37-17-24-3-1-2-4-27(24)25/h1-12,17-18,40H,13-16,19-20H2. The van der Waals surface area contributed by atoms with Gasteiger partial charge in [-0.3, -0.25) is 14.8 Å². The topological polar surface area (TPSA) is 39.6 Å². The zero-order chi connectivity index (χ0) is 28.5. The van der Waals surface area contributed by atoms with Crippen molar-refractivity contribution >= 4 is 10.8 Å². The van der Waals surface area contributed by atoms with Crippen molar-refractivity contribution in [1.29, 1.82) is 0 Å². The smallest absolute Gasteiger partial charge is 0.369 e. The second-order valence-electron chi connectivity index (χ2n) is 10.1. The Bertz CT molecular complexity index is 1420. The second-order valence-corrected chi connectivity index (χ2v) is 10.1. The fourth-order valence-corrected chi connectivity index (χ4v) is 5.10. The van der Waals surface area contributed by atoms with E-state index in [1.165, 1.54) is 10.9 Å². The van der Waals surface area contributed by atoms with Gasteiger partial charge in [-0.05, 0) is 27.6 Å². The highest BCUT2D eigenvalue weighted by Gasteiger charge is 2.71. The van der Waals surface area contributed by atoms with E-state index in [0.717, 1.165) is 62.4 Å². The van der Waals surface area contributed by atoms with Crippen LogP contribution < -0.4 is 0 Å². The molecule has 4 nitrogen and oxygen atoms in total. The Kier molecular flexibility index (Phi) is 7.60. The number of hydrogen-bond donors (Lipinski definition) is 1. The number of rotatable bonds is 6. The quantitative estimate of drug-likeness (QED) is 0.273. The minimum absolute atomic E-state index is 0.443. The van der Waals surface area contributed by atoms with Gasteiger partial charge in [0, 0.05) is 62.6 Å². The highest BCUT2D eigenvalue weighted by atomic mass is 19.4. The van der Waals surface area contributed by atoms with E-state index in [0.29, 0.717) is 23.3 Å². The third kappa shape index (κ3) is 5.56. The van der Waals surface area contributed by atoms with E-state index < -0.39 is 23.5 Å². The zero-order valence-corrected chi connectivity index (χ0v) is 21.4. The summed E-state index contributed by atoms with van der Waals surface area (Å²) in [6, 6.07) is 19.2. The molecule has 1 aliphatic rings. The van der Waals surface area contributed by atoms with Gasteiger partial charge in [-0.25, -0.2) is 0 Å². The molecule has 0 unspecified atom stereocenters. The molecule has 0 spiro atoms. The summed E-state index contributed by atoms with van der Waals surface area (Å²) in [5, 5.41) is 11.9. The highest BCUT2D eigenvalue weighted by molar-refractivity contribution is 5.84. The average Bonchev–Trinajstić information content (AvgIpc) is 2.93. The van der Waals surface area contributed by atoms with Gasteiger partial charge in [-0.1, -0.05) is 72.8 Å². The van der Waals surface area contributed by atoms with Crippen molar-refractivity contribution in [3.8, 4) is 11.1 Å². The number of pyridine rings is 1. The van der Waals surface area contributed by atoms with Crippen LogP contribution in [0.25, 0.3) is 21.9 Å². The van der Waals surface area contributed by atoms with E-state index in [4.69, 9.17) is 0 Å². The Morgan fingerprint density at radius 1 is 0.650 bits per heavy atom. The van der Waals surface area contributed by atoms with Gasteiger partial charge in [0.2, 0.25) is 0 Å². The number of aliphatic hydroxyl groups is 1. The van der Waals surface area contributed by atoms with Crippen molar-refractivity contribution in [2.24, 2.45) is 0 Å². The Hall–Kier alpha value is -3.47. The molecule has 0 bridgehead atoms. The second kappa shape index (κ2) is 10.8. The normalized spacial score (nSPS) is 16.0. The molecule has 0 atom stereocenters. The van der Waals surface area contributed by atoms with Gasteiger partial charge < -0.3 is 5.11 Å². The summed E-state index contributed by atoms with van der Waals surface area (Å²) in [6.07, 6.45) is -8.02. The van der Waals surface area contributed by atoms with Crippen molar-refractivity contribution in [2.45, 2.75) is 31.0 Å². The number of aromatic nitrogens is 1. The summed E-state index contributed by atoms with van der Waals surface area (Å²) in [5.74, 6) is 0. The third-order valence-corrected chi connectivity index (χ3v) is 7.43. The fraction of sp³-hybridized carbons (Fsp3) is 0.300. The summed E-state index contributed by atoms with van der Waals surface area (Å²) < 4.78 is 78.9. The minimum atomic E-state index is -5.91. The zero-order valence-electron chi connectivity index (χ0n) is 21.4. The average molecular weight is 560 g/mol. The lowest BCUT2D eigenvalue weighted by Crippen LogP contribution is -2.53. The third-order valence-electron chi connectivity index (χ3n) is 7.43. The van der Waals surface area contributed by atoms with Crippen LogP contribution in [0.5, 0.6) is 0 Å². The van der Waals surface area contributed by atoms with Crippen LogP contribution in [0.15, 0.2) is 85.2 Å².